The molecule has 1 unspecified atom stereocenters. The molecule has 1 aromatic heterocycles. The van der Waals surface area contributed by atoms with E-state index < -0.39 is 0 Å². The van der Waals surface area contributed by atoms with Crippen LogP contribution >= 0.6 is 11.6 Å². The SMILES string of the molecule is COCC(=O)NCC(c1ccc(Cl)cc1)n1ccnc1. The predicted octanol–water partition coefficient (Wildman–Crippen LogP) is 1.89. The van der Waals surface area contributed by atoms with E-state index in [0.29, 0.717) is 11.6 Å². The van der Waals surface area contributed by atoms with Crippen molar-refractivity contribution in [3.63, 3.8) is 0 Å². The maximum atomic E-state index is 11.5. The van der Waals surface area contributed by atoms with E-state index in [0.717, 1.165) is 5.56 Å². The van der Waals surface area contributed by atoms with Crippen LogP contribution in [0.1, 0.15) is 11.6 Å². The molecule has 2 aromatic rings. The molecule has 0 aliphatic rings. The van der Waals surface area contributed by atoms with E-state index in [1.165, 1.54) is 7.11 Å². The number of nitrogens with zero attached hydrogens (tertiary/aromatic N) is 2. The van der Waals surface area contributed by atoms with Crippen molar-refractivity contribution in [1.29, 1.82) is 0 Å². The van der Waals surface area contributed by atoms with Gasteiger partial charge < -0.3 is 14.6 Å². The number of amides is 1. The van der Waals surface area contributed by atoms with Crippen molar-refractivity contribution in [3.8, 4) is 0 Å². The standard InChI is InChI=1S/C14H16ClN3O2/c1-20-9-14(19)17-8-13(18-7-6-16-10-18)11-2-4-12(15)5-3-11/h2-7,10,13H,8-9H2,1H3,(H,17,19). The maximum Gasteiger partial charge on any atom is 0.246 e. The Balaban J connectivity index is 2.13. The van der Waals surface area contributed by atoms with E-state index in [4.69, 9.17) is 16.3 Å². The van der Waals surface area contributed by atoms with Crippen LogP contribution in [0.25, 0.3) is 0 Å². The van der Waals surface area contributed by atoms with Gasteiger partial charge in [0.1, 0.15) is 6.61 Å². The minimum atomic E-state index is -0.147. The number of aromatic nitrogens is 2. The number of carbonyl (C=O) groups is 1. The summed E-state index contributed by atoms with van der Waals surface area (Å²) in [7, 11) is 1.49. The molecule has 106 valence electrons. The van der Waals surface area contributed by atoms with E-state index in [9.17, 15) is 4.79 Å². The van der Waals surface area contributed by atoms with Gasteiger partial charge in [-0.15, -0.1) is 0 Å². The Kier molecular flexibility index (Phi) is 5.15. The van der Waals surface area contributed by atoms with Crippen LogP contribution in [0.3, 0.4) is 0 Å². The lowest BCUT2D eigenvalue weighted by Gasteiger charge is -2.19. The molecular formula is C14H16ClN3O2. The molecule has 1 atom stereocenters. The third-order valence-electron chi connectivity index (χ3n) is 2.91. The van der Waals surface area contributed by atoms with E-state index in [2.05, 4.69) is 10.3 Å². The minimum absolute atomic E-state index is 0.0319. The lowest BCUT2D eigenvalue weighted by molar-refractivity contribution is -0.124. The van der Waals surface area contributed by atoms with Crippen LogP contribution in [0.4, 0.5) is 0 Å². The third kappa shape index (κ3) is 3.82. The van der Waals surface area contributed by atoms with Crippen molar-refractivity contribution in [3.05, 3.63) is 53.6 Å². The third-order valence-corrected chi connectivity index (χ3v) is 3.16. The van der Waals surface area contributed by atoms with Gasteiger partial charge in [-0.05, 0) is 17.7 Å². The number of ether oxygens (including phenoxy) is 1. The molecule has 0 aliphatic heterocycles. The molecule has 0 radical (unpaired) electrons. The molecule has 0 saturated heterocycles. The molecule has 0 aliphatic carbocycles. The summed E-state index contributed by atoms with van der Waals surface area (Å²) in [4.78, 5) is 15.6. The Hall–Kier alpha value is -1.85. The van der Waals surface area contributed by atoms with Gasteiger partial charge in [-0.3, -0.25) is 4.79 Å². The molecule has 0 fully saturated rings. The van der Waals surface area contributed by atoms with E-state index in [-0.39, 0.29) is 18.6 Å². The molecule has 20 heavy (non-hydrogen) atoms. The molecule has 2 rings (SSSR count). The molecule has 5 nitrogen and oxygen atoms in total. The first-order valence-corrected chi connectivity index (χ1v) is 6.57. The molecule has 1 aromatic carbocycles. The Morgan fingerprint density at radius 3 is 2.80 bits per heavy atom. The number of hydrogen-bond donors (Lipinski definition) is 1. The highest BCUT2D eigenvalue weighted by molar-refractivity contribution is 6.30. The number of imidazole rings is 1. The quantitative estimate of drug-likeness (QED) is 0.885. The van der Waals surface area contributed by atoms with Gasteiger partial charge in [0.2, 0.25) is 5.91 Å². The average molecular weight is 294 g/mol. The van der Waals surface area contributed by atoms with Crippen molar-refractivity contribution in [1.82, 2.24) is 14.9 Å². The Labute approximate surface area is 122 Å². The summed E-state index contributed by atoms with van der Waals surface area (Å²) >= 11 is 5.90. The zero-order valence-corrected chi connectivity index (χ0v) is 11.9. The van der Waals surface area contributed by atoms with Gasteiger partial charge in [-0.25, -0.2) is 4.98 Å². The van der Waals surface area contributed by atoms with E-state index in [1.54, 1.807) is 12.5 Å². The summed E-state index contributed by atoms with van der Waals surface area (Å²) in [6.45, 7) is 0.511. The van der Waals surface area contributed by atoms with Gasteiger partial charge in [-0.1, -0.05) is 23.7 Å². The molecule has 0 saturated carbocycles. The summed E-state index contributed by atoms with van der Waals surface area (Å²) in [6.07, 6.45) is 5.30. The highest BCUT2D eigenvalue weighted by Crippen LogP contribution is 2.19. The first-order chi connectivity index (χ1) is 9.70. The van der Waals surface area contributed by atoms with Crippen LogP contribution in [0.15, 0.2) is 43.0 Å². The van der Waals surface area contributed by atoms with Crippen molar-refractivity contribution in [2.45, 2.75) is 6.04 Å². The second kappa shape index (κ2) is 7.07. The molecule has 1 N–H and O–H groups in total. The zero-order valence-electron chi connectivity index (χ0n) is 11.1. The first kappa shape index (κ1) is 14.6. The minimum Gasteiger partial charge on any atom is -0.375 e. The second-order valence-electron chi connectivity index (χ2n) is 4.31. The van der Waals surface area contributed by atoms with Crippen LogP contribution < -0.4 is 5.32 Å². The van der Waals surface area contributed by atoms with Crippen molar-refractivity contribution < 1.29 is 9.53 Å². The molecule has 0 spiro atoms. The summed E-state index contributed by atoms with van der Waals surface area (Å²) < 4.78 is 6.74. The first-order valence-electron chi connectivity index (χ1n) is 6.19. The lowest BCUT2D eigenvalue weighted by atomic mass is 10.1. The Bertz CT molecular complexity index is 540. The van der Waals surface area contributed by atoms with Crippen molar-refractivity contribution in [2.24, 2.45) is 0 Å². The molecule has 6 heteroatoms. The average Bonchev–Trinajstić information content (AvgIpc) is 2.95. The fourth-order valence-electron chi connectivity index (χ4n) is 1.93. The molecule has 1 heterocycles. The summed E-state index contributed by atoms with van der Waals surface area (Å²) in [6, 6.07) is 7.51. The molecule has 0 bridgehead atoms. The number of rotatable bonds is 6. The van der Waals surface area contributed by atoms with Crippen LogP contribution in [-0.4, -0.2) is 35.7 Å². The number of halogens is 1. The lowest BCUT2D eigenvalue weighted by Crippen LogP contribution is -2.33. The largest absolute Gasteiger partial charge is 0.375 e. The topological polar surface area (TPSA) is 56.1 Å². The van der Waals surface area contributed by atoms with E-state index in [1.807, 2.05) is 35.0 Å². The van der Waals surface area contributed by atoms with Crippen LogP contribution in [0.2, 0.25) is 5.02 Å². The maximum absolute atomic E-state index is 11.5. The molecular weight excluding hydrogens is 278 g/mol. The van der Waals surface area contributed by atoms with Gasteiger partial charge in [0.15, 0.2) is 0 Å². The number of hydrogen-bond acceptors (Lipinski definition) is 3. The van der Waals surface area contributed by atoms with Crippen LogP contribution in [-0.2, 0) is 9.53 Å². The van der Waals surface area contributed by atoms with E-state index >= 15 is 0 Å². The van der Waals surface area contributed by atoms with Gasteiger partial charge in [0.05, 0.1) is 12.4 Å². The van der Waals surface area contributed by atoms with Gasteiger partial charge in [0.25, 0.3) is 0 Å². The zero-order chi connectivity index (χ0) is 14.4. The van der Waals surface area contributed by atoms with Crippen LogP contribution in [0.5, 0.6) is 0 Å². The highest BCUT2D eigenvalue weighted by Gasteiger charge is 2.14. The fourth-order valence-corrected chi connectivity index (χ4v) is 2.05. The normalized spacial score (nSPS) is 12.1. The fraction of sp³-hybridized carbons (Fsp3) is 0.286. The highest BCUT2D eigenvalue weighted by atomic mass is 35.5. The summed E-state index contributed by atoms with van der Waals surface area (Å²) in [5.74, 6) is -0.147. The van der Waals surface area contributed by atoms with Crippen LogP contribution in [0, 0.1) is 0 Å². The Morgan fingerprint density at radius 1 is 1.45 bits per heavy atom. The Morgan fingerprint density at radius 2 is 2.20 bits per heavy atom. The smallest absolute Gasteiger partial charge is 0.246 e. The molecule has 1 amide bonds. The predicted molar refractivity (Wildman–Crippen MR) is 76.7 cm³/mol. The van der Waals surface area contributed by atoms with Gasteiger partial charge in [0, 0.05) is 31.1 Å². The van der Waals surface area contributed by atoms with Gasteiger partial charge in [-0.2, -0.15) is 0 Å². The number of benzene rings is 1. The summed E-state index contributed by atoms with van der Waals surface area (Å²) in [5.41, 5.74) is 1.05. The van der Waals surface area contributed by atoms with Crippen molar-refractivity contribution in [2.75, 3.05) is 20.3 Å². The van der Waals surface area contributed by atoms with Crippen molar-refractivity contribution >= 4 is 17.5 Å². The second-order valence-corrected chi connectivity index (χ2v) is 4.75. The monoisotopic (exact) mass is 293 g/mol. The number of carbonyl (C=O) groups excluding carboxylic acids is 1. The van der Waals surface area contributed by atoms with Gasteiger partial charge >= 0.3 is 0 Å². The number of methoxy groups -OCH3 is 1. The summed E-state index contributed by atoms with van der Waals surface area (Å²) in [5, 5.41) is 3.52. The number of nitrogens with one attached hydrogen (secondary N) is 1.